The number of methoxy groups -OCH3 is 1. The molecule has 2 aromatic heterocycles. The molecular formula is C23H26ClN7O2. The minimum Gasteiger partial charge on any atom is -0.497 e. The Labute approximate surface area is 197 Å². The van der Waals surface area contributed by atoms with E-state index in [9.17, 15) is 10.1 Å². The molecule has 1 aliphatic rings. The molecule has 0 saturated carbocycles. The number of nitrogen functional groups attached to an aromatic ring is 1. The molecule has 172 valence electrons. The van der Waals surface area contributed by atoms with Gasteiger partial charge in [-0.3, -0.25) is 4.79 Å². The number of hydrogen-bond acceptors (Lipinski definition) is 7. The summed E-state index contributed by atoms with van der Waals surface area (Å²) in [5.41, 5.74) is 8.55. The van der Waals surface area contributed by atoms with Crippen LogP contribution in [-0.4, -0.2) is 50.5 Å². The number of anilines is 1. The minimum absolute atomic E-state index is 0.0709. The predicted octanol–water partition coefficient (Wildman–Crippen LogP) is 3.18. The molecule has 0 bridgehead atoms. The Bertz CT molecular complexity index is 1230. The summed E-state index contributed by atoms with van der Waals surface area (Å²) < 4.78 is 7.37. The molecule has 9 nitrogen and oxygen atoms in total. The highest BCUT2D eigenvalue weighted by Gasteiger charge is 2.23. The van der Waals surface area contributed by atoms with E-state index in [0.29, 0.717) is 41.4 Å². The molecule has 3 aromatic rings. The summed E-state index contributed by atoms with van der Waals surface area (Å²) in [6, 6.07) is 7.60. The Kier molecular flexibility index (Phi) is 6.65. The molecule has 1 saturated heterocycles. The second-order valence-corrected chi connectivity index (χ2v) is 8.62. The van der Waals surface area contributed by atoms with Crippen LogP contribution in [0.5, 0.6) is 5.75 Å². The highest BCUT2D eigenvalue weighted by Crippen LogP contribution is 2.27. The summed E-state index contributed by atoms with van der Waals surface area (Å²) in [4.78, 5) is 26.7. The van der Waals surface area contributed by atoms with Crippen molar-refractivity contribution < 1.29 is 9.53 Å². The van der Waals surface area contributed by atoms with Crippen LogP contribution in [0.15, 0.2) is 18.2 Å². The van der Waals surface area contributed by atoms with Crippen molar-refractivity contribution in [3.8, 4) is 11.8 Å². The van der Waals surface area contributed by atoms with Gasteiger partial charge < -0.3 is 19.9 Å². The molecule has 0 radical (unpaired) electrons. The average Bonchev–Trinajstić information content (AvgIpc) is 3.15. The number of hydrogen-bond donors (Lipinski definition) is 1. The first kappa shape index (κ1) is 22.8. The minimum atomic E-state index is 0.0709. The summed E-state index contributed by atoms with van der Waals surface area (Å²) in [7, 11) is 1.59. The fourth-order valence-electron chi connectivity index (χ4n) is 4.38. The number of nitrogens with zero attached hydrogens (tertiary/aromatic N) is 6. The Morgan fingerprint density at radius 3 is 2.73 bits per heavy atom. The van der Waals surface area contributed by atoms with Gasteiger partial charge >= 0.3 is 0 Å². The van der Waals surface area contributed by atoms with Gasteiger partial charge in [-0.05, 0) is 60.5 Å². The van der Waals surface area contributed by atoms with E-state index in [-0.39, 0.29) is 17.0 Å². The van der Waals surface area contributed by atoms with Crippen LogP contribution < -0.4 is 10.5 Å². The number of aromatic nitrogens is 4. The third-order valence-electron chi connectivity index (χ3n) is 6.28. The van der Waals surface area contributed by atoms with Crippen LogP contribution in [0, 0.1) is 17.2 Å². The van der Waals surface area contributed by atoms with Crippen LogP contribution in [0.2, 0.25) is 5.28 Å². The van der Waals surface area contributed by atoms with E-state index < -0.39 is 0 Å². The number of nitrogens with two attached hydrogens (primary N) is 1. The summed E-state index contributed by atoms with van der Waals surface area (Å²) in [6.07, 6.45) is 3.26. The zero-order chi connectivity index (χ0) is 23.5. The maximum atomic E-state index is 11.6. The third-order valence-corrected chi connectivity index (χ3v) is 6.44. The third kappa shape index (κ3) is 4.86. The second-order valence-electron chi connectivity index (χ2n) is 8.28. The summed E-state index contributed by atoms with van der Waals surface area (Å²) >= 11 is 6.11. The fourth-order valence-corrected chi connectivity index (χ4v) is 4.55. The number of fused-ring (bicyclic) bond motifs is 1. The Balaban J connectivity index is 1.65. The molecular weight excluding hydrogens is 442 g/mol. The van der Waals surface area contributed by atoms with Gasteiger partial charge in [0.15, 0.2) is 17.0 Å². The first-order valence-corrected chi connectivity index (χ1v) is 11.3. The van der Waals surface area contributed by atoms with Crippen molar-refractivity contribution in [2.45, 2.75) is 39.2 Å². The first-order chi connectivity index (χ1) is 15.9. The summed E-state index contributed by atoms with van der Waals surface area (Å²) in [5.74, 6) is 2.26. The van der Waals surface area contributed by atoms with Gasteiger partial charge in [0, 0.05) is 33.0 Å². The molecule has 0 atom stereocenters. The molecule has 1 amide bonds. The first-order valence-electron chi connectivity index (χ1n) is 10.9. The van der Waals surface area contributed by atoms with Gasteiger partial charge in [0.25, 0.3) is 0 Å². The second kappa shape index (κ2) is 9.63. The molecule has 0 spiro atoms. The zero-order valence-corrected chi connectivity index (χ0v) is 19.5. The molecule has 0 unspecified atom stereocenters. The molecule has 1 aromatic carbocycles. The number of likely N-dealkylation sites (tertiary alicyclic amines) is 1. The number of halogens is 1. The molecule has 3 heterocycles. The van der Waals surface area contributed by atoms with Gasteiger partial charge in [0.2, 0.25) is 11.2 Å². The number of piperidine rings is 1. The van der Waals surface area contributed by atoms with Crippen LogP contribution in [-0.2, 0) is 17.8 Å². The molecule has 0 aliphatic carbocycles. The molecule has 1 aliphatic heterocycles. The SMILES string of the molecule is COc1ccc(C#N)c(Cc2nc3c(N)nc(Cl)nc3n2CCC2CCN(C(C)=O)CC2)c1. The number of aryl methyl sites for hydroxylation is 1. The Morgan fingerprint density at radius 1 is 1.30 bits per heavy atom. The lowest BCUT2D eigenvalue weighted by atomic mass is 9.93. The van der Waals surface area contributed by atoms with Gasteiger partial charge in [-0.2, -0.15) is 15.2 Å². The molecule has 4 rings (SSSR count). The fraction of sp³-hybridized carbons (Fsp3) is 0.435. The highest BCUT2D eigenvalue weighted by molar-refractivity contribution is 6.28. The number of imidazole rings is 1. The lowest BCUT2D eigenvalue weighted by molar-refractivity contribution is -0.130. The lowest BCUT2D eigenvalue weighted by Crippen LogP contribution is -2.37. The van der Waals surface area contributed by atoms with E-state index in [0.717, 1.165) is 43.7 Å². The smallest absolute Gasteiger partial charge is 0.226 e. The van der Waals surface area contributed by atoms with Gasteiger partial charge in [-0.25, -0.2) is 4.98 Å². The van der Waals surface area contributed by atoms with Crippen molar-refractivity contribution in [3.63, 3.8) is 0 Å². The van der Waals surface area contributed by atoms with Crippen molar-refractivity contribution >= 4 is 34.5 Å². The van der Waals surface area contributed by atoms with Crippen molar-refractivity contribution in [2.75, 3.05) is 25.9 Å². The van der Waals surface area contributed by atoms with E-state index in [2.05, 4.69) is 16.0 Å². The van der Waals surface area contributed by atoms with Gasteiger partial charge in [-0.15, -0.1) is 0 Å². The number of rotatable bonds is 6. The van der Waals surface area contributed by atoms with E-state index in [4.69, 9.17) is 27.1 Å². The normalized spacial score (nSPS) is 14.4. The Morgan fingerprint density at radius 2 is 2.06 bits per heavy atom. The van der Waals surface area contributed by atoms with Crippen molar-refractivity contribution in [1.82, 2.24) is 24.4 Å². The zero-order valence-electron chi connectivity index (χ0n) is 18.7. The van der Waals surface area contributed by atoms with E-state index in [1.807, 2.05) is 15.5 Å². The van der Waals surface area contributed by atoms with Crippen LogP contribution in [0.3, 0.4) is 0 Å². The van der Waals surface area contributed by atoms with Crippen LogP contribution in [0.4, 0.5) is 5.82 Å². The van der Waals surface area contributed by atoms with Crippen molar-refractivity contribution in [3.05, 3.63) is 40.4 Å². The molecule has 33 heavy (non-hydrogen) atoms. The summed E-state index contributed by atoms with van der Waals surface area (Å²) in [6.45, 7) is 3.86. The average molecular weight is 468 g/mol. The standard InChI is InChI=1S/C23H26ClN7O2/c1-14(32)30-8-5-15(6-9-30)7-10-31-19(27-20-21(26)28-23(24)29-22(20)31)12-17-11-18(33-2)4-3-16(17)13-25/h3-4,11,15H,5-10,12H2,1-2H3,(H2,26,28,29). The van der Waals surface area contributed by atoms with E-state index in [1.165, 1.54) is 0 Å². The largest absolute Gasteiger partial charge is 0.497 e. The Hall–Kier alpha value is -3.38. The molecule has 1 fully saturated rings. The number of carbonyl (C=O) groups is 1. The van der Waals surface area contributed by atoms with Crippen LogP contribution >= 0.6 is 11.6 Å². The van der Waals surface area contributed by atoms with Crippen LogP contribution in [0.1, 0.15) is 43.1 Å². The molecule has 2 N–H and O–H groups in total. The lowest BCUT2D eigenvalue weighted by Gasteiger charge is -2.31. The number of amides is 1. The van der Waals surface area contributed by atoms with Crippen molar-refractivity contribution in [1.29, 1.82) is 5.26 Å². The number of benzene rings is 1. The van der Waals surface area contributed by atoms with Crippen molar-refractivity contribution in [2.24, 2.45) is 5.92 Å². The maximum absolute atomic E-state index is 11.6. The van der Waals surface area contributed by atoms with Gasteiger partial charge in [0.1, 0.15) is 11.6 Å². The molecule has 10 heteroatoms. The van der Waals surface area contributed by atoms with Crippen LogP contribution in [0.25, 0.3) is 11.2 Å². The monoisotopic (exact) mass is 467 g/mol. The van der Waals surface area contributed by atoms with Gasteiger partial charge in [0.05, 0.1) is 18.7 Å². The summed E-state index contributed by atoms with van der Waals surface area (Å²) in [5, 5.41) is 9.65. The quantitative estimate of drug-likeness (QED) is 0.552. The highest BCUT2D eigenvalue weighted by atomic mass is 35.5. The van der Waals surface area contributed by atoms with E-state index in [1.54, 1.807) is 26.2 Å². The van der Waals surface area contributed by atoms with E-state index >= 15 is 0 Å². The number of nitriles is 1. The van der Waals surface area contributed by atoms with Gasteiger partial charge in [-0.1, -0.05) is 0 Å². The number of carbonyl (C=O) groups excluding carboxylic acids is 1. The maximum Gasteiger partial charge on any atom is 0.226 e. The topological polar surface area (TPSA) is 123 Å². The number of ether oxygens (including phenoxy) is 1. The predicted molar refractivity (Wildman–Crippen MR) is 125 cm³/mol.